The predicted octanol–water partition coefficient (Wildman–Crippen LogP) is 4.03. The van der Waals surface area contributed by atoms with Gasteiger partial charge in [-0.2, -0.15) is 5.26 Å². The van der Waals surface area contributed by atoms with Gasteiger partial charge in [0.25, 0.3) is 11.8 Å². The van der Waals surface area contributed by atoms with Crippen LogP contribution in [0, 0.1) is 25.2 Å². The van der Waals surface area contributed by atoms with Crippen molar-refractivity contribution in [3.8, 4) is 17.6 Å². The molecule has 0 atom stereocenters. The molecule has 2 aromatic carbocycles. The molecule has 0 aromatic heterocycles. The van der Waals surface area contributed by atoms with Crippen LogP contribution in [0.5, 0.6) is 11.5 Å². The van der Waals surface area contributed by atoms with Crippen molar-refractivity contribution in [2.45, 2.75) is 20.8 Å². The zero-order valence-electron chi connectivity index (χ0n) is 17.7. The second kappa shape index (κ2) is 9.66. The van der Waals surface area contributed by atoms with Crippen molar-refractivity contribution >= 4 is 45.5 Å². The van der Waals surface area contributed by atoms with Crippen LogP contribution >= 0.6 is 15.9 Å². The van der Waals surface area contributed by atoms with Crippen molar-refractivity contribution in [1.29, 1.82) is 5.26 Å². The van der Waals surface area contributed by atoms with E-state index in [1.54, 1.807) is 37.3 Å². The summed E-state index contributed by atoms with van der Waals surface area (Å²) in [5.41, 5.74) is 2.53. The van der Waals surface area contributed by atoms with E-state index in [0.29, 0.717) is 33.8 Å². The molecule has 9 heteroatoms. The second-order valence-electron chi connectivity index (χ2n) is 6.93. The second-order valence-corrected chi connectivity index (χ2v) is 7.78. The van der Waals surface area contributed by atoms with Gasteiger partial charge in [-0.15, -0.1) is 0 Å². The third-order valence-corrected chi connectivity index (χ3v) is 5.49. The maximum Gasteiger partial charge on any atom is 0.335 e. The Balaban J connectivity index is 2.04. The highest BCUT2D eigenvalue weighted by atomic mass is 79.9. The molecule has 0 spiro atoms. The zero-order chi connectivity index (χ0) is 23.4. The number of nitrogens with zero attached hydrogens (tertiary/aromatic N) is 2. The Morgan fingerprint density at radius 2 is 1.81 bits per heavy atom. The molecule has 0 bridgehead atoms. The average molecular weight is 498 g/mol. The van der Waals surface area contributed by atoms with Gasteiger partial charge in [0.2, 0.25) is 0 Å². The number of amides is 4. The molecule has 1 saturated heterocycles. The number of barbiturate groups is 1. The number of rotatable bonds is 6. The van der Waals surface area contributed by atoms with Gasteiger partial charge in [-0.1, -0.05) is 22.0 Å². The molecule has 164 valence electrons. The van der Waals surface area contributed by atoms with E-state index in [1.807, 2.05) is 19.9 Å². The number of nitrogens with one attached hydrogen (secondary N) is 1. The molecule has 0 radical (unpaired) electrons. The van der Waals surface area contributed by atoms with Crippen molar-refractivity contribution in [3.05, 3.63) is 57.1 Å². The van der Waals surface area contributed by atoms with Gasteiger partial charge in [-0.05, 0) is 67.8 Å². The summed E-state index contributed by atoms with van der Waals surface area (Å²) in [6.07, 6.45) is 1.37. The molecule has 0 saturated carbocycles. The maximum absolute atomic E-state index is 13.1. The number of halogens is 1. The van der Waals surface area contributed by atoms with E-state index in [1.165, 1.54) is 6.08 Å². The number of anilines is 1. The fourth-order valence-corrected chi connectivity index (χ4v) is 3.50. The number of carbonyl (C=O) groups is 3. The Hall–Kier alpha value is -3.64. The quantitative estimate of drug-likeness (QED) is 0.476. The number of nitriles is 1. The van der Waals surface area contributed by atoms with Crippen molar-refractivity contribution < 1.29 is 23.9 Å². The fraction of sp³-hybridized carbons (Fsp3) is 0.217. The van der Waals surface area contributed by atoms with Crippen LogP contribution in [0.15, 0.2) is 40.4 Å². The van der Waals surface area contributed by atoms with E-state index in [0.717, 1.165) is 16.0 Å². The number of benzene rings is 2. The zero-order valence-corrected chi connectivity index (χ0v) is 19.3. The van der Waals surface area contributed by atoms with Gasteiger partial charge in [-0.3, -0.25) is 14.9 Å². The van der Waals surface area contributed by atoms with Crippen molar-refractivity contribution in [1.82, 2.24) is 5.32 Å². The molecule has 4 amide bonds. The highest BCUT2D eigenvalue weighted by Crippen LogP contribution is 2.35. The first-order chi connectivity index (χ1) is 15.3. The highest BCUT2D eigenvalue weighted by molar-refractivity contribution is 9.10. The lowest BCUT2D eigenvalue weighted by molar-refractivity contribution is -0.122. The Bertz CT molecular complexity index is 1180. The number of urea groups is 1. The summed E-state index contributed by atoms with van der Waals surface area (Å²) in [4.78, 5) is 39.0. The highest BCUT2D eigenvalue weighted by Gasteiger charge is 2.37. The molecule has 3 rings (SSSR count). The van der Waals surface area contributed by atoms with E-state index < -0.39 is 17.8 Å². The summed E-state index contributed by atoms with van der Waals surface area (Å²) in [6, 6.07) is 9.42. The number of aryl methyl sites for hydroxylation is 2. The molecule has 0 unspecified atom stereocenters. The maximum atomic E-state index is 13.1. The summed E-state index contributed by atoms with van der Waals surface area (Å²) in [5.74, 6) is -0.844. The van der Waals surface area contributed by atoms with Crippen LogP contribution in [0.1, 0.15) is 23.6 Å². The molecular weight excluding hydrogens is 478 g/mol. The minimum Gasteiger partial charge on any atom is -0.490 e. The molecule has 1 N–H and O–H groups in total. The van der Waals surface area contributed by atoms with Crippen LogP contribution in [0.25, 0.3) is 6.08 Å². The lowest BCUT2D eigenvalue weighted by Crippen LogP contribution is -2.54. The SMILES string of the molecule is CCOc1cc(/C=C2\C(=O)NC(=O)N(c3ccc(C)c(C)c3)C2=O)c(Br)cc1OCC#N. The smallest absolute Gasteiger partial charge is 0.335 e. The fourth-order valence-electron chi connectivity index (χ4n) is 3.06. The van der Waals surface area contributed by atoms with E-state index in [4.69, 9.17) is 14.7 Å². The van der Waals surface area contributed by atoms with Crippen LogP contribution in [0.3, 0.4) is 0 Å². The van der Waals surface area contributed by atoms with E-state index >= 15 is 0 Å². The third kappa shape index (κ3) is 4.65. The van der Waals surface area contributed by atoms with Gasteiger partial charge in [0.1, 0.15) is 11.6 Å². The lowest BCUT2D eigenvalue weighted by Gasteiger charge is -2.27. The van der Waals surface area contributed by atoms with Crippen molar-refractivity contribution in [2.24, 2.45) is 0 Å². The molecule has 32 heavy (non-hydrogen) atoms. The molecular formula is C23H20BrN3O5. The summed E-state index contributed by atoms with van der Waals surface area (Å²) in [6.45, 7) is 5.76. The minimum atomic E-state index is -0.810. The third-order valence-electron chi connectivity index (χ3n) is 4.81. The number of carbonyl (C=O) groups excluding carboxylic acids is 3. The summed E-state index contributed by atoms with van der Waals surface area (Å²) in [5, 5.41) is 11.0. The van der Waals surface area contributed by atoms with Gasteiger partial charge in [0.15, 0.2) is 18.1 Å². The van der Waals surface area contributed by atoms with Crippen molar-refractivity contribution in [3.63, 3.8) is 0 Å². The first-order valence-corrected chi connectivity index (χ1v) is 10.5. The van der Waals surface area contributed by atoms with Crippen LogP contribution in [0.2, 0.25) is 0 Å². The minimum absolute atomic E-state index is 0.166. The molecule has 1 aliphatic heterocycles. The molecule has 1 fully saturated rings. The molecule has 1 heterocycles. The summed E-state index contributed by atoms with van der Waals surface area (Å²) < 4.78 is 11.5. The largest absolute Gasteiger partial charge is 0.490 e. The molecule has 1 aliphatic rings. The molecule has 8 nitrogen and oxygen atoms in total. The van der Waals surface area contributed by atoms with Gasteiger partial charge < -0.3 is 9.47 Å². The van der Waals surface area contributed by atoms with Gasteiger partial charge >= 0.3 is 6.03 Å². The van der Waals surface area contributed by atoms with Gasteiger partial charge in [0.05, 0.1) is 12.3 Å². The average Bonchev–Trinajstić information content (AvgIpc) is 2.74. The topological polar surface area (TPSA) is 109 Å². The molecule has 0 aliphatic carbocycles. The predicted molar refractivity (Wildman–Crippen MR) is 121 cm³/mol. The van der Waals surface area contributed by atoms with E-state index in [-0.39, 0.29) is 12.2 Å². The first-order valence-electron chi connectivity index (χ1n) is 9.71. The summed E-state index contributed by atoms with van der Waals surface area (Å²) >= 11 is 3.39. The van der Waals surface area contributed by atoms with Crippen LogP contribution < -0.4 is 19.7 Å². The normalized spacial score (nSPS) is 14.9. The standard InChI is InChI=1S/C23H20BrN3O5/c1-4-31-19-11-15(18(24)12-20(19)32-8-7-25)10-17-21(28)26-23(30)27(22(17)29)16-6-5-13(2)14(3)9-16/h5-6,9-12H,4,8H2,1-3H3,(H,26,28,30)/b17-10+. The lowest BCUT2D eigenvalue weighted by atomic mass is 10.0. The number of hydrogen-bond donors (Lipinski definition) is 1. The number of imide groups is 2. The Labute approximate surface area is 193 Å². The van der Waals surface area contributed by atoms with Gasteiger partial charge in [0, 0.05) is 4.47 Å². The van der Waals surface area contributed by atoms with E-state index in [9.17, 15) is 14.4 Å². The monoisotopic (exact) mass is 497 g/mol. The Morgan fingerprint density at radius 1 is 1.09 bits per heavy atom. The van der Waals surface area contributed by atoms with Crippen LogP contribution in [0.4, 0.5) is 10.5 Å². The first kappa shape index (κ1) is 23.0. The van der Waals surface area contributed by atoms with Crippen molar-refractivity contribution in [2.75, 3.05) is 18.1 Å². The van der Waals surface area contributed by atoms with Crippen LogP contribution in [-0.2, 0) is 9.59 Å². The Kier molecular flexibility index (Phi) is 6.95. The summed E-state index contributed by atoms with van der Waals surface area (Å²) in [7, 11) is 0. The van der Waals surface area contributed by atoms with Crippen LogP contribution in [-0.4, -0.2) is 31.1 Å². The number of ether oxygens (including phenoxy) is 2. The Morgan fingerprint density at radius 3 is 2.47 bits per heavy atom. The van der Waals surface area contributed by atoms with Gasteiger partial charge in [-0.25, -0.2) is 9.69 Å². The molecule has 2 aromatic rings. The van der Waals surface area contributed by atoms with E-state index in [2.05, 4.69) is 21.2 Å². The number of hydrogen-bond acceptors (Lipinski definition) is 6.